The van der Waals surface area contributed by atoms with Crippen LogP contribution in [0.25, 0.3) is 11.4 Å². The summed E-state index contributed by atoms with van der Waals surface area (Å²) < 4.78 is 40.2. The van der Waals surface area contributed by atoms with Gasteiger partial charge in [-0.2, -0.15) is 8.42 Å². The summed E-state index contributed by atoms with van der Waals surface area (Å²) in [6, 6.07) is 19.1. The lowest BCUT2D eigenvalue weighted by atomic mass is 10.1. The van der Waals surface area contributed by atoms with Crippen molar-refractivity contribution in [1.82, 2.24) is 15.0 Å². The summed E-state index contributed by atoms with van der Waals surface area (Å²) in [6.07, 6.45) is 1.54. The summed E-state index contributed by atoms with van der Waals surface area (Å²) in [4.78, 5) is 12.9. The first-order valence-electron chi connectivity index (χ1n) is 10.7. The summed E-state index contributed by atoms with van der Waals surface area (Å²) in [6.45, 7) is 4.00. The number of halogens is 1. The quantitative estimate of drug-likeness (QED) is 0.293. The van der Waals surface area contributed by atoms with Gasteiger partial charge in [0.25, 0.3) is 10.0 Å². The molecule has 0 atom stereocenters. The van der Waals surface area contributed by atoms with Gasteiger partial charge in [0.05, 0.1) is 7.11 Å². The number of hydrogen-bond donors (Lipinski definition) is 1. The lowest BCUT2D eigenvalue weighted by Gasteiger charge is -2.16. The molecule has 1 N–H and O–H groups in total. The van der Waals surface area contributed by atoms with E-state index in [0.29, 0.717) is 17.1 Å². The summed E-state index contributed by atoms with van der Waals surface area (Å²) in [5, 5.41) is -0.244. The molecular weight excluding hydrogens is 488 g/mol. The molecule has 2 aromatic heterocycles. The predicted molar refractivity (Wildman–Crippen MR) is 135 cm³/mol. The van der Waals surface area contributed by atoms with Crippen molar-refractivity contribution in [1.29, 1.82) is 0 Å². The molecule has 0 saturated heterocycles. The van der Waals surface area contributed by atoms with E-state index >= 15 is 0 Å². The first-order chi connectivity index (χ1) is 16.8. The van der Waals surface area contributed by atoms with Crippen LogP contribution in [0.2, 0.25) is 5.15 Å². The van der Waals surface area contributed by atoms with E-state index in [1.807, 2.05) is 32.0 Å². The maximum absolute atomic E-state index is 13.2. The Balaban J connectivity index is 1.80. The molecule has 8 nitrogen and oxygen atoms in total. The Kier molecular flexibility index (Phi) is 7.18. The minimum Gasteiger partial charge on any atom is -0.493 e. The summed E-state index contributed by atoms with van der Waals surface area (Å²) in [5.74, 6) is 0.969. The van der Waals surface area contributed by atoms with Gasteiger partial charge in [0.2, 0.25) is 5.75 Å². The molecule has 4 aromatic rings. The van der Waals surface area contributed by atoms with E-state index in [2.05, 4.69) is 19.7 Å². The number of nitrogens with zero attached hydrogens (tertiary/aromatic N) is 3. The second-order valence-electron chi connectivity index (χ2n) is 7.82. The van der Waals surface area contributed by atoms with Crippen molar-refractivity contribution in [2.45, 2.75) is 24.8 Å². The fourth-order valence-electron chi connectivity index (χ4n) is 3.18. The molecule has 0 saturated carbocycles. The number of sulfonamides is 1. The molecule has 4 rings (SSSR count). The zero-order valence-corrected chi connectivity index (χ0v) is 20.8. The second-order valence-corrected chi connectivity index (χ2v) is 9.81. The molecule has 2 aromatic carbocycles. The molecule has 0 aliphatic rings. The van der Waals surface area contributed by atoms with Crippen molar-refractivity contribution in [3.8, 4) is 28.6 Å². The van der Waals surface area contributed by atoms with Gasteiger partial charge >= 0.3 is 0 Å². The molecule has 180 valence electrons. The number of anilines is 1. The van der Waals surface area contributed by atoms with E-state index < -0.39 is 10.0 Å². The smallest absolute Gasteiger partial charge is 0.280 e. The van der Waals surface area contributed by atoms with E-state index in [9.17, 15) is 8.42 Å². The molecule has 0 aliphatic heterocycles. The number of para-hydroxylation sites is 2. The van der Waals surface area contributed by atoms with Crippen LogP contribution >= 0.6 is 11.6 Å². The van der Waals surface area contributed by atoms with Crippen LogP contribution < -0.4 is 14.2 Å². The molecule has 0 radical (unpaired) electrons. The molecule has 0 fully saturated rings. The minimum absolute atomic E-state index is 0.0711. The highest BCUT2D eigenvalue weighted by molar-refractivity contribution is 7.92. The zero-order valence-electron chi connectivity index (χ0n) is 19.3. The van der Waals surface area contributed by atoms with Crippen LogP contribution in [-0.4, -0.2) is 30.5 Å². The molecule has 35 heavy (non-hydrogen) atoms. The topological polar surface area (TPSA) is 103 Å². The number of ether oxygens (including phenoxy) is 2. The number of benzene rings is 2. The van der Waals surface area contributed by atoms with Gasteiger partial charge in [0.1, 0.15) is 0 Å². The highest BCUT2D eigenvalue weighted by Gasteiger charge is 2.24. The van der Waals surface area contributed by atoms with Crippen LogP contribution in [0.3, 0.4) is 0 Å². The first-order valence-corrected chi connectivity index (χ1v) is 12.6. The number of aromatic nitrogens is 3. The highest BCUT2D eigenvalue weighted by Crippen LogP contribution is 2.40. The lowest BCUT2D eigenvalue weighted by Crippen LogP contribution is -2.17. The number of nitrogens with one attached hydrogen (secondary N) is 1. The fourth-order valence-corrected chi connectivity index (χ4v) is 4.33. The molecule has 10 heteroatoms. The lowest BCUT2D eigenvalue weighted by molar-refractivity contribution is 0.378. The Morgan fingerprint density at radius 2 is 1.60 bits per heavy atom. The van der Waals surface area contributed by atoms with Gasteiger partial charge in [-0.1, -0.05) is 74.0 Å². The van der Waals surface area contributed by atoms with Crippen LogP contribution in [0.5, 0.6) is 17.2 Å². The molecular formula is C25H23ClN4O4S. The van der Waals surface area contributed by atoms with E-state index in [1.54, 1.807) is 42.5 Å². The number of rotatable bonds is 8. The van der Waals surface area contributed by atoms with E-state index in [1.165, 1.54) is 19.4 Å². The largest absolute Gasteiger partial charge is 0.493 e. The van der Waals surface area contributed by atoms with Crippen molar-refractivity contribution in [2.75, 3.05) is 11.8 Å². The average Bonchev–Trinajstić information content (AvgIpc) is 2.86. The van der Waals surface area contributed by atoms with Gasteiger partial charge in [-0.25, -0.2) is 15.0 Å². The third-order valence-electron chi connectivity index (χ3n) is 5.07. The Bertz CT molecular complexity index is 1430. The number of methoxy groups -OCH3 is 1. The average molecular weight is 511 g/mol. The van der Waals surface area contributed by atoms with Crippen molar-refractivity contribution < 1.29 is 17.9 Å². The van der Waals surface area contributed by atoms with Crippen LogP contribution in [0.4, 0.5) is 5.82 Å². The fraction of sp³-hybridized carbons (Fsp3) is 0.160. The third kappa shape index (κ3) is 5.52. The monoisotopic (exact) mass is 510 g/mol. The van der Waals surface area contributed by atoms with Gasteiger partial charge in [0.15, 0.2) is 33.3 Å². The van der Waals surface area contributed by atoms with Crippen LogP contribution in [-0.2, 0) is 10.0 Å². The van der Waals surface area contributed by atoms with E-state index in [-0.39, 0.29) is 33.5 Å². The third-order valence-corrected chi connectivity index (χ3v) is 6.58. The van der Waals surface area contributed by atoms with Crippen molar-refractivity contribution in [3.05, 3.63) is 83.6 Å². The molecule has 0 amide bonds. The standard InChI is InChI=1S/C25H23ClN4O4S/c1-16(2)18-13-14-21(27-15-18)35(31,32)30-25-22(34-20-12-8-7-11-19(20)33-3)23(26)28-24(29-25)17-9-5-4-6-10-17/h4-16H,1-3H3,(H,28,29,30). The van der Waals surface area contributed by atoms with E-state index in [0.717, 1.165) is 5.56 Å². The van der Waals surface area contributed by atoms with E-state index in [4.69, 9.17) is 21.1 Å². The minimum atomic E-state index is -4.12. The van der Waals surface area contributed by atoms with Gasteiger partial charge in [-0.3, -0.25) is 4.72 Å². The van der Waals surface area contributed by atoms with Gasteiger partial charge in [-0.05, 0) is 29.7 Å². The van der Waals surface area contributed by atoms with Gasteiger partial charge in [0, 0.05) is 11.8 Å². The SMILES string of the molecule is COc1ccccc1Oc1c(Cl)nc(-c2ccccc2)nc1NS(=O)(=O)c1ccc(C(C)C)cn1. The normalized spacial score (nSPS) is 11.3. The first kappa shape index (κ1) is 24.4. The maximum atomic E-state index is 13.2. The maximum Gasteiger partial charge on any atom is 0.280 e. The Morgan fingerprint density at radius 1 is 0.914 bits per heavy atom. The van der Waals surface area contributed by atoms with Crippen LogP contribution in [0.1, 0.15) is 25.3 Å². The number of hydrogen-bond acceptors (Lipinski definition) is 7. The summed E-state index contributed by atoms with van der Waals surface area (Å²) in [5.41, 5.74) is 1.57. The number of pyridine rings is 1. The Hall–Kier alpha value is -3.69. The Labute approximate surface area is 209 Å². The molecule has 0 aliphatic carbocycles. The second kappa shape index (κ2) is 10.3. The van der Waals surface area contributed by atoms with Crippen molar-refractivity contribution >= 4 is 27.4 Å². The summed E-state index contributed by atoms with van der Waals surface area (Å²) >= 11 is 6.49. The molecule has 0 bridgehead atoms. The molecule has 0 unspecified atom stereocenters. The van der Waals surface area contributed by atoms with Gasteiger partial charge < -0.3 is 9.47 Å². The highest BCUT2D eigenvalue weighted by atomic mass is 35.5. The van der Waals surface area contributed by atoms with Crippen molar-refractivity contribution in [3.63, 3.8) is 0 Å². The molecule has 0 spiro atoms. The predicted octanol–water partition coefficient (Wildman–Crippen LogP) is 5.92. The van der Waals surface area contributed by atoms with Crippen LogP contribution in [0, 0.1) is 0 Å². The summed E-state index contributed by atoms with van der Waals surface area (Å²) in [7, 11) is -2.63. The Morgan fingerprint density at radius 3 is 2.23 bits per heavy atom. The van der Waals surface area contributed by atoms with Crippen LogP contribution in [0.15, 0.2) is 78.0 Å². The van der Waals surface area contributed by atoms with Gasteiger partial charge in [-0.15, -0.1) is 0 Å². The van der Waals surface area contributed by atoms with Crippen molar-refractivity contribution in [2.24, 2.45) is 0 Å². The zero-order chi connectivity index (χ0) is 25.0. The molecule has 2 heterocycles.